The van der Waals surface area contributed by atoms with Crippen LogP contribution in [0, 0.1) is 0 Å². The number of hydrogen-bond donors (Lipinski definition) is 1. The summed E-state index contributed by atoms with van der Waals surface area (Å²) in [5.41, 5.74) is 0.655. The molecule has 116 valence electrons. The van der Waals surface area contributed by atoms with Gasteiger partial charge in [0.25, 0.3) is 0 Å². The molecule has 0 aliphatic heterocycles. The van der Waals surface area contributed by atoms with E-state index in [4.69, 9.17) is 0 Å². The zero-order valence-electron chi connectivity index (χ0n) is 12.8. The first-order valence-electron chi connectivity index (χ1n) is 6.69. The molecule has 21 heavy (non-hydrogen) atoms. The van der Waals surface area contributed by atoms with Gasteiger partial charge in [-0.15, -0.1) is 6.58 Å². The first-order valence-corrected chi connectivity index (χ1v) is 8.60. The molecule has 2 unspecified atom stereocenters. The lowest BCUT2D eigenvalue weighted by atomic mass is 10.2. The Kier molecular flexibility index (Phi) is 6.34. The Morgan fingerprint density at radius 3 is 2.38 bits per heavy atom. The number of carbonyl (C=O) groups is 1. The maximum absolute atomic E-state index is 12.8. The minimum Gasteiger partial charge on any atom is -0.342 e. The van der Waals surface area contributed by atoms with E-state index in [1.165, 1.54) is 11.8 Å². The fourth-order valence-corrected chi connectivity index (χ4v) is 4.57. The molecule has 0 fully saturated rings. The second-order valence-corrected chi connectivity index (χ2v) is 7.50. The van der Waals surface area contributed by atoms with Crippen LogP contribution in [0.1, 0.15) is 18.3 Å². The van der Waals surface area contributed by atoms with E-state index < -0.39 is 13.2 Å². The maximum atomic E-state index is 12.8. The largest absolute Gasteiger partial charge is 0.342 e. The lowest BCUT2D eigenvalue weighted by Gasteiger charge is -2.34. The van der Waals surface area contributed by atoms with Crippen LogP contribution >= 0.6 is 7.37 Å². The van der Waals surface area contributed by atoms with Gasteiger partial charge in [0.05, 0.1) is 6.29 Å². The van der Waals surface area contributed by atoms with Crippen LogP contribution < -0.4 is 0 Å². The highest BCUT2D eigenvalue weighted by Gasteiger charge is 2.38. The predicted octanol–water partition coefficient (Wildman–Crippen LogP) is 2.51. The van der Waals surface area contributed by atoms with Crippen molar-refractivity contribution in [1.29, 1.82) is 0 Å². The van der Waals surface area contributed by atoms with Gasteiger partial charge >= 0.3 is 0 Å². The maximum Gasteiger partial charge on any atom is 0.240 e. The molecule has 0 aliphatic rings. The van der Waals surface area contributed by atoms with Crippen LogP contribution in [0.5, 0.6) is 0 Å². The Hall–Kier alpha value is -1.42. The molecule has 2 atom stereocenters. The minimum atomic E-state index is -3.64. The standard InChI is InChI=1S/C15H23N2O3P/c1-5-11-17(13(2)18)15(14-9-7-6-8-10-14)21(19,20)12-16(3)4/h5-10,15H,1,11-12H2,2-4H3,(H,19,20). The smallest absolute Gasteiger partial charge is 0.240 e. The molecule has 0 spiro atoms. The van der Waals surface area contributed by atoms with E-state index in [1.807, 2.05) is 6.07 Å². The van der Waals surface area contributed by atoms with Crippen molar-refractivity contribution in [3.63, 3.8) is 0 Å². The average Bonchev–Trinajstić information content (AvgIpc) is 2.37. The van der Waals surface area contributed by atoms with E-state index in [2.05, 4.69) is 6.58 Å². The molecular weight excluding hydrogens is 287 g/mol. The van der Waals surface area contributed by atoms with Crippen LogP contribution in [0.25, 0.3) is 0 Å². The molecule has 1 amide bonds. The average molecular weight is 310 g/mol. The monoisotopic (exact) mass is 310 g/mol. The number of hydrogen-bond acceptors (Lipinski definition) is 3. The summed E-state index contributed by atoms with van der Waals surface area (Å²) in [4.78, 5) is 25.5. The molecule has 1 aromatic rings. The van der Waals surface area contributed by atoms with Gasteiger partial charge in [0.2, 0.25) is 13.3 Å². The molecule has 6 heteroatoms. The molecular formula is C15H23N2O3P. The number of rotatable bonds is 7. The number of benzene rings is 1. The van der Waals surface area contributed by atoms with Gasteiger partial charge < -0.3 is 14.7 Å². The molecule has 0 heterocycles. The summed E-state index contributed by atoms with van der Waals surface area (Å²) in [6, 6.07) is 8.96. The van der Waals surface area contributed by atoms with Crippen molar-refractivity contribution in [1.82, 2.24) is 9.80 Å². The van der Waals surface area contributed by atoms with Crippen LogP contribution in [-0.2, 0) is 9.36 Å². The van der Waals surface area contributed by atoms with Crippen LogP contribution in [0.2, 0.25) is 0 Å². The van der Waals surface area contributed by atoms with Crippen LogP contribution in [-0.4, -0.2) is 47.5 Å². The van der Waals surface area contributed by atoms with Crippen molar-refractivity contribution >= 4 is 13.3 Å². The highest BCUT2D eigenvalue weighted by Crippen LogP contribution is 2.57. The SMILES string of the molecule is C=CCN(C(C)=O)C(c1ccccc1)P(=O)(O)CN(C)C. The van der Waals surface area contributed by atoms with Crippen LogP contribution in [0.3, 0.4) is 0 Å². The Bertz CT molecular complexity index is 531. The third-order valence-corrected chi connectivity index (χ3v) is 5.30. The topological polar surface area (TPSA) is 60.9 Å². The highest BCUT2D eigenvalue weighted by molar-refractivity contribution is 7.58. The molecule has 0 radical (unpaired) electrons. The van der Waals surface area contributed by atoms with Crippen LogP contribution in [0.15, 0.2) is 43.0 Å². The zero-order chi connectivity index (χ0) is 16.0. The van der Waals surface area contributed by atoms with Crippen molar-refractivity contribution in [2.24, 2.45) is 0 Å². The Labute approximate surface area is 126 Å². The second-order valence-electron chi connectivity index (χ2n) is 5.22. The molecule has 0 aliphatic carbocycles. The Balaban J connectivity index is 3.32. The highest BCUT2D eigenvalue weighted by atomic mass is 31.2. The van der Waals surface area contributed by atoms with Gasteiger partial charge in [-0.1, -0.05) is 36.4 Å². The summed E-state index contributed by atoms with van der Waals surface area (Å²) < 4.78 is 12.8. The molecule has 0 saturated carbocycles. The molecule has 0 aromatic heterocycles. The third kappa shape index (κ3) is 4.81. The quantitative estimate of drug-likeness (QED) is 0.621. The van der Waals surface area contributed by atoms with Crippen molar-refractivity contribution in [2.75, 3.05) is 26.9 Å². The van der Waals surface area contributed by atoms with Gasteiger partial charge in [0, 0.05) is 13.5 Å². The molecule has 1 aromatic carbocycles. The van der Waals surface area contributed by atoms with E-state index >= 15 is 0 Å². The van der Waals surface area contributed by atoms with Gasteiger partial charge in [0.15, 0.2) is 0 Å². The van der Waals surface area contributed by atoms with Gasteiger partial charge in [-0.2, -0.15) is 0 Å². The van der Waals surface area contributed by atoms with Crippen molar-refractivity contribution in [2.45, 2.75) is 12.7 Å². The first-order chi connectivity index (χ1) is 9.79. The van der Waals surface area contributed by atoms with E-state index in [-0.39, 0.29) is 18.7 Å². The Morgan fingerprint density at radius 1 is 1.38 bits per heavy atom. The van der Waals surface area contributed by atoms with Gasteiger partial charge in [-0.3, -0.25) is 9.36 Å². The van der Waals surface area contributed by atoms with Gasteiger partial charge in [0.1, 0.15) is 5.78 Å². The third-order valence-electron chi connectivity index (χ3n) is 2.99. The van der Waals surface area contributed by atoms with E-state index in [1.54, 1.807) is 49.3 Å². The fourth-order valence-electron chi connectivity index (χ4n) is 2.28. The lowest BCUT2D eigenvalue weighted by Crippen LogP contribution is -2.35. The fraction of sp³-hybridized carbons (Fsp3) is 0.400. The summed E-state index contributed by atoms with van der Waals surface area (Å²) in [6.45, 7) is 5.25. The summed E-state index contributed by atoms with van der Waals surface area (Å²) >= 11 is 0. The number of carbonyl (C=O) groups excluding carboxylic acids is 1. The lowest BCUT2D eigenvalue weighted by molar-refractivity contribution is -0.129. The molecule has 0 bridgehead atoms. The van der Waals surface area contributed by atoms with Crippen molar-refractivity contribution in [3.8, 4) is 0 Å². The summed E-state index contributed by atoms with van der Waals surface area (Å²) in [6.07, 6.45) is 1.57. The summed E-state index contributed by atoms with van der Waals surface area (Å²) in [5, 5.41) is 0. The van der Waals surface area contributed by atoms with Crippen molar-refractivity contribution in [3.05, 3.63) is 48.6 Å². The van der Waals surface area contributed by atoms with Gasteiger partial charge in [-0.25, -0.2) is 0 Å². The number of nitrogens with zero attached hydrogens (tertiary/aromatic N) is 2. The molecule has 5 nitrogen and oxygen atoms in total. The van der Waals surface area contributed by atoms with Crippen LogP contribution in [0.4, 0.5) is 0 Å². The second kappa shape index (κ2) is 7.55. The van der Waals surface area contributed by atoms with Gasteiger partial charge in [-0.05, 0) is 19.7 Å². The summed E-state index contributed by atoms with van der Waals surface area (Å²) in [5.74, 6) is -1.12. The molecule has 0 saturated heterocycles. The number of amides is 1. The van der Waals surface area contributed by atoms with Crippen molar-refractivity contribution < 1.29 is 14.3 Å². The normalized spacial score (nSPS) is 15.3. The zero-order valence-corrected chi connectivity index (χ0v) is 13.7. The Morgan fingerprint density at radius 2 is 1.95 bits per heavy atom. The first kappa shape index (κ1) is 17.6. The van der Waals surface area contributed by atoms with E-state index in [0.717, 1.165) is 0 Å². The summed E-state index contributed by atoms with van der Waals surface area (Å²) in [7, 11) is -0.172. The predicted molar refractivity (Wildman–Crippen MR) is 85.1 cm³/mol. The minimum absolute atomic E-state index is 0.00742. The molecule has 1 N–H and O–H groups in total. The van der Waals surface area contributed by atoms with E-state index in [9.17, 15) is 14.3 Å². The van der Waals surface area contributed by atoms with E-state index in [0.29, 0.717) is 5.56 Å². The molecule has 1 rings (SSSR count).